The van der Waals surface area contributed by atoms with E-state index in [0.717, 1.165) is 30.9 Å². The van der Waals surface area contributed by atoms with E-state index in [4.69, 9.17) is 0 Å². The van der Waals surface area contributed by atoms with Crippen molar-refractivity contribution < 1.29 is 19.5 Å². The lowest BCUT2D eigenvalue weighted by molar-refractivity contribution is -0.110. The highest BCUT2D eigenvalue weighted by molar-refractivity contribution is 6.35. The van der Waals surface area contributed by atoms with Gasteiger partial charge in [0.15, 0.2) is 0 Å². The summed E-state index contributed by atoms with van der Waals surface area (Å²) in [7, 11) is 0. The van der Waals surface area contributed by atoms with E-state index in [-0.39, 0.29) is 17.4 Å². The van der Waals surface area contributed by atoms with Gasteiger partial charge in [0.1, 0.15) is 0 Å². The monoisotopic (exact) mass is 436 g/mol. The van der Waals surface area contributed by atoms with Crippen molar-refractivity contribution >= 4 is 35.1 Å². The van der Waals surface area contributed by atoms with Gasteiger partial charge < -0.3 is 25.6 Å². The van der Waals surface area contributed by atoms with Crippen LogP contribution in [0.25, 0.3) is 11.6 Å². The number of hydrogen-bond donors (Lipinski definition) is 4. The molecule has 2 aliphatic rings. The Kier molecular flexibility index (Phi) is 6.14. The molecular weight excluding hydrogens is 408 g/mol. The number of fused-ring (bicyclic) bond motifs is 1. The minimum absolute atomic E-state index is 0.110. The second-order valence-electron chi connectivity index (χ2n) is 8.40. The Hall–Kier alpha value is -3.39. The Labute approximate surface area is 186 Å². The molecule has 0 unspecified atom stereocenters. The van der Waals surface area contributed by atoms with Crippen LogP contribution in [0.15, 0.2) is 18.2 Å². The third kappa shape index (κ3) is 4.31. The number of carboxylic acids is 1. The topological polar surface area (TPSA) is 115 Å². The van der Waals surface area contributed by atoms with E-state index in [9.17, 15) is 19.5 Å². The summed E-state index contributed by atoms with van der Waals surface area (Å²) >= 11 is 0. The largest absolute Gasteiger partial charge is 0.478 e. The molecule has 1 aromatic carbocycles. The molecule has 0 bridgehead atoms. The fourth-order valence-corrected chi connectivity index (χ4v) is 4.47. The van der Waals surface area contributed by atoms with E-state index >= 15 is 0 Å². The number of amides is 2. The van der Waals surface area contributed by atoms with Gasteiger partial charge in [-0.1, -0.05) is 6.42 Å². The highest BCUT2D eigenvalue weighted by atomic mass is 16.4. The van der Waals surface area contributed by atoms with E-state index in [0.29, 0.717) is 34.6 Å². The maximum absolute atomic E-state index is 12.8. The van der Waals surface area contributed by atoms with Crippen LogP contribution in [-0.4, -0.2) is 59.0 Å². The average Bonchev–Trinajstić information content (AvgIpc) is 3.23. The smallest absolute Gasteiger partial charge is 0.335 e. The Morgan fingerprint density at radius 3 is 2.66 bits per heavy atom. The van der Waals surface area contributed by atoms with Crippen LogP contribution in [0, 0.1) is 13.8 Å². The van der Waals surface area contributed by atoms with Gasteiger partial charge in [-0.05, 0) is 69.6 Å². The van der Waals surface area contributed by atoms with Crippen molar-refractivity contribution in [1.82, 2.24) is 15.2 Å². The molecule has 0 atom stereocenters. The lowest BCUT2D eigenvalue weighted by Crippen LogP contribution is -2.37. The average molecular weight is 437 g/mol. The summed E-state index contributed by atoms with van der Waals surface area (Å²) in [6.07, 6.45) is 5.39. The summed E-state index contributed by atoms with van der Waals surface area (Å²) in [5.74, 6) is -1.49. The second kappa shape index (κ2) is 9.00. The van der Waals surface area contributed by atoms with Crippen LogP contribution in [0.2, 0.25) is 0 Å². The number of aromatic nitrogens is 1. The molecule has 1 aromatic heterocycles. The number of benzene rings is 1. The summed E-state index contributed by atoms with van der Waals surface area (Å²) in [6.45, 7) is 7.28. The molecule has 8 heteroatoms. The molecule has 1 saturated heterocycles. The number of piperidine rings is 1. The van der Waals surface area contributed by atoms with Crippen molar-refractivity contribution in [2.45, 2.75) is 33.1 Å². The summed E-state index contributed by atoms with van der Waals surface area (Å²) in [4.78, 5) is 42.3. The lowest BCUT2D eigenvalue weighted by atomic mass is 10.0. The first-order chi connectivity index (χ1) is 15.3. The SMILES string of the molecule is Cc1[nH]c(C=C2C(=O)Nc3ccc(C(=O)O)cc32)c(C)c1C(=O)NCCN1CCCCC1. The molecule has 4 N–H and O–H groups in total. The van der Waals surface area contributed by atoms with E-state index < -0.39 is 5.97 Å². The molecule has 3 heterocycles. The number of aromatic carboxylic acids is 1. The van der Waals surface area contributed by atoms with Crippen molar-refractivity contribution in [3.05, 3.63) is 51.8 Å². The number of likely N-dealkylation sites (tertiary alicyclic amines) is 1. The summed E-state index contributed by atoms with van der Waals surface area (Å²) in [5, 5.41) is 15.1. The van der Waals surface area contributed by atoms with Gasteiger partial charge in [0.2, 0.25) is 0 Å². The maximum atomic E-state index is 12.8. The summed E-state index contributed by atoms with van der Waals surface area (Å²) < 4.78 is 0. The van der Waals surface area contributed by atoms with Gasteiger partial charge in [0.05, 0.1) is 16.7 Å². The molecule has 2 aromatic rings. The number of H-pyrrole nitrogens is 1. The predicted octanol–water partition coefficient (Wildman–Crippen LogP) is 3.04. The van der Waals surface area contributed by atoms with Gasteiger partial charge in [-0.2, -0.15) is 0 Å². The number of anilines is 1. The van der Waals surface area contributed by atoms with Crippen molar-refractivity contribution in [3.8, 4) is 0 Å². The van der Waals surface area contributed by atoms with Gasteiger partial charge in [-0.25, -0.2) is 4.79 Å². The van der Waals surface area contributed by atoms with Crippen LogP contribution in [0.4, 0.5) is 5.69 Å². The molecule has 32 heavy (non-hydrogen) atoms. The highest BCUT2D eigenvalue weighted by Crippen LogP contribution is 2.34. The standard InChI is InChI=1S/C24H28N4O4/c1-14-20(13-18-17-12-16(24(31)32)6-7-19(17)27-22(18)29)26-15(2)21(14)23(30)25-8-11-28-9-4-3-5-10-28/h6-7,12-13,26H,3-5,8-11H2,1-2H3,(H,25,30)(H,27,29)(H,31,32). The van der Waals surface area contributed by atoms with Crippen LogP contribution >= 0.6 is 0 Å². The lowest BCUT2D eigenvalue weighted by Gasteiger charge is -2.26. The molecule has 1 fully saturated rings. The second-order valence-corrected chi connectivity index (χ2v) is 8.40. The molecule has 0 spiro atoms. The fourth-order valence-electron chi connectivity index (χ4n) is 4.47. The molecule has 0 radical (unpaired) electrons. The molecule has 4 rings (SSSR count). The van der Waals surface area contributed by atoms with Gasteiger partial charge in [-0.15, -0.1) is 0 Å². The maximum Gasteiger partial charge on any atom is 0.335 e. The molecule has 0 saturated carbocycles. The Balaban J connectivity index is 1.54. The number of carboxylic acid groups (broad SMARTS) is 1. The number of nitrogens with one attached hydrogen (secondary N) is 3. The number of rotatable bonds is 6. The zero-order valence-electron chi connectivity index (χ0n) is 18.4. The van der Waals surface area contributed by atoms with Gasteiger partial charge >= 0.3 is 5.97 Å². The zero-order chi connectivity index (χ0) is 22.8. The molecule has 2 aliphatic heterocycles. The molecule has 0 aliphatic carbocycles. The third-order valence-corrected chi connectivity index (χ3v) is 6.20. The number of nitrogens with zero attached hydrogens (tertiary/aromatic N) is 1. The van der Waals surface area contributed by atoms with E-state index in [1.165, 1.54) is 31.4 Å². The summed E-state index contributed by atoms with van der Waals surface area (Å²) in [6, 6.07) is 4.53. The van der Waals surface area contributed by atoms with E-state index in [2.05, 4.69) is 20.5 Å². The Morgan fingerprint density at radius 2 is 1.94 bits per heavy atom. The number of carbonyl (C=O) groups excluding carboxylic acids is 2. The first kappa shape index (κ1) is 21.8. The molecule has 8 nitrogen and oxygen atoms in total. The Bertz CT molecular complexity index is 1110. The quantitative estimate of drug-likeness (QED) is 0.520. The van der Waals surface area contributed by atoms with Crippen molar-refractivity contribution in [2.75, 3.05) is 31.5 Å². The van der Waals surface area contributed by atoms with Gasteiger partial charge in [0, 0.05) is 35.7 Å². The number of aromatic amines is 1. The predicted molar refractivity (Wildman–Crippen MR) is 123 cm³/mol. The van der Waals surface area contributed by atoms with Gasteiger partial charge in [-0.3, -0.25) is 9.59 Å². The molecule has 168 valence electrons. The third-order valence-electron chi connectivity index (χ3n) is 6.20. The highest BCUT2D eigenvalue weighted by Gasteiger charge is 2.26. The number of aryl methyl sites for hydroxylation is 1. The van der Waals surface area contributed by atoms with E-state index in [1.54, 1.807) is 12.1 Å². The van der Waals surface area contributed by atoms with Crippen molar-refractivity contribution in [3.63, 3.8) is 0 Å². The number of hydrogen-bond acceptors (Lipinski definition) is 4. The molecular formula is C24H28N4O4. The first-order valence-electron chi connectivity index (χ1n) is 11.0. The van der Waals surface area contributed by atoms with Crippen LogP contribution in [0.5, 0.6) is 0 Å². The van der Waals surface area contributed by atoms with Crippen molar-refractivity contribution in [2.24, 2.45) is 0 Å². The first-order valence-corrected chi connectivity index (χ1v) is 11.0. The van der Waals surface area contributed by atoms with Crippen LogP contribution in [0.3, 0.4) is 0 Å². The number of carbonyl (C=O) groups is 3. The Morgan fingerprint density at radius 1 is 1.19 bits per heavy atom. The van der Waals surface area contributed by atoms with Crippen LogP contribution in [0.1, 0.15) is 62.5 Å². The van der Waals surface area contributed by atoms with E-state index in [1.807, 2.05) is 13.8 Å². The molecule has 2 amide bonds. The summed E-state index contributed by atoms with van der Waals surface area (Å²) in [5.41, 5.74) is 4.29. The normalized spacial score (nSPS) is 17.3. The van der Waals surface area contributed by atoms with Crippen molar-refractivity contribution in [1.29, 1.82) is 0 Å². The fraction of sp³-hybridized carbons (Fsp3) is 0.375. The minimum atomic E-state index is -1.05. The zero-order valence-corrected chi connectivity index (χ0v) is 18.4. The van der Waals surface area contributed by atoms with Crippen LogP contribution in [-0.2, 0) is 4.79 Å². The van der Waals surface area contributed by atoms with Gasteiger partial charge in [0.25, 0.3) is 11.8 Å². The minimum Gasteiger partial charge on any atom is -0.478 e. The van der Waals surface area contributed by atoms with Crippen LogP contribution < -0.4 is 10.6 Å².